The van der Waals surface area contributed by atoms with Gasteiger partial charge in [-0.2, -0.15) is 0 Å². The molecule has 0 aromatic heterocycles. The third kappa shape index (κ3) is 3.30. The standard InChI is InChI=1S/C14H11BrF2N2O2/c1-21-8-2-3-12(18)9(6-8)14(20)19-13-10(16)4-7(15)5-11(13)17/h2-6H,18H2,1H3,(H,19,20). The van der Waals surface area contributed by atoms with Crippen LogP contribution in [0, 0.1) is 11.6 Å². The van der Waals surface area contributed by atoms with E-state index >= 15 is 0 Å². The summed E-state index contributed by atoms with van der Waals surface area (Å²) in [7, 11) is 1.43. The fourth-order valence-electron chi connectivity index (χ4n) is 1.70. The fraction of sp³-hybridized carbons (Fsp3) is 0.0714. The molecule has 0 saturated carbocycles. The molecule has 0 bridgehead atoms. The average molecular weight is 357 g/mol. The molecule has 4 nitrogen and oxygen atoms in total. The summed E-state index contributed by atoms with van der Waals surface area (Å²) < 4.78 is 32.6. The number of halogens is 3. The van der Waals surface area contributed by atoms with Crippen molar-refractivity contribution < 1.29 is 18.3 Å². The number of benzene rings is 2. The van der Waals surface area contributed by atoms with Gasteiger partial charge in [0.05, 0.1) is 12.7 Å². The third-order valence-electron chi connectivity index (χ3n) is 2.75. The molecule has 0 saturated heterocycles. The van der Waals surface area contributed by atoms with E-state index in [4.69, 9.17) is 10.5 Å². The van der Waals surface area contributed by atoms with Crippen molar-refractivity contribution in [2.45, 2.75) is 0 Å². The number of amides is 1. The maximum absolute atomic E-state index is 13.7. The number of carbonyl (C=O) groups is 1. The molecule has 0 unspecified atom stereocenters. The van der Waals surface area contributed by atoms with Gasteiger partial charge in [-0.05, 0) is 30.3 Å². The SMILES string of the molecule is COc1ccc(N)c(C(=O)Nc2c(F)cc(Br)cc2F)c1. The number of methoxy groups -OCH3 is 1. The van der Waals surface area contributed by atoms with Crippen molar-refractivity contribution in [2.75, 3.05) is 18.2 Å². The Bertz CT molecular complexity index is 684. The Balaban J connectivity index is 2.35. The van der Waals surface area contributed by atoms with Crippen LogP contribution in [-0.4, -0.2) is 13.0 Å². The van der Waals surface area contributed by atoms with E-state index in [9.17, 15) is 13.6 Å². The molecule has 0 radical (unpaired) electrons. The van der Waals surface area contributed by atoms with Gasteiger partial charge in [-0.25, -0.2) is 8.78 Å². The topological polar surface area (TPSA) is 64.3 Å². The molecule has 2 rings (SSSR count). The van der Waals surface area contributed by atoms with Gasteiger partial charge in [0.2, 0.25) is 0 Å². The zero-order valence-corrected chi connectivity index (χ0v) is 12.5. The van der Waals surface area contributed by atoms with Crippen LogP contribution in [0.2, 0.25) is 0 Å². The molecule has 110 valence electrons. The van der Waals surface area contributed by atoms with Crippen molar-refractivity contribution in [1.82, 2.24) is 0 Å². The molecule has 0 aliphatic heterocycles. The lowest BCUT2D eigenvalue weighted by molar-refractivity contribution is 0.102. The zero-order valence-electron chi connectivity index (χ0n) is 10.9. The van der Waals surface area contributed by atoms with E-state index in [1.807, 2.05) is 0 Å². The van der Waals surface area contributed by atoms with Gasteiger partial charge in [0.25, 0.3) is 5.91 Å². The van der Waals surface area contributed by atoms with Gasteiger partial charge in [-0.3, -0.25) is 4.79 Å². The Labute approximate surface area is 128 Å². The van der Waals surface area contributed by atoms with Gasteiger partial charge in [-0.15, -0.1) is 0 Å². The quantitative estimate of drug-likeness (QED) is 0.826. The highest BCUT2D eigenvalue weighted by Crippen LogP contribution is 2.26. The largest absolute Gasteiger partial charge is 0.497 e. The van der Waals surface area contributed by atoms with Gasteiger partial charge >= 0.3 is 0 Å². The molecular weight excluding hydrogens is 346 g/mol. The summed E-state index contributed by atoms with van der Waals surface area (Å²) in [5.74, 6) is -2.11. The van der Waals surface area contributed by atoms with E-state index in [1.54, 1.807) is 6.07 Å². The van der Waals surface area contributed by atoms with Gasteiger partial charge in [-0.1, -0.05) is 15.9 Å². The molecule has 0 atom stereocenters. The molecule has 1 amide bonds. The van der Waals surface area contributed by atoms with Crippen molar-refractivity contribution >= 4 is 33.2 Å². The molecule has 0 aliphatic rings. The highest BCUT2D eigenvalue weighted by molar-refractivity contribution is 9.10. The minimum absolute atomic E-state index is 0.0658. The van der Waals surface area contributed by atoms with E-state index in [1.165, 1.54) is 19.2 Å². The van der Waals surface area contributed by atoms with Crippen LogP contribution in [0.5, 0.6) is 5.75 Å². The molecule has 0 spiro atoms. The van der Waals surface area contributed by atoms with Crippen LogP contribution in [0.3, 0.4) is 0 Å². The molecule has 0 heterocycles. The number of hydrogen-bond acceptors (Lipinski definition) is 3. The summed E-state index contributed by atoms with van der Waals surface area (Å²) in [6.07, 6.45) is 0. The average Bonchev–Trinajstić information content (AvgIpc) is 2.43. The number of hydrogen-bond donors (Lipinski definition) is 2. The number of nitrogen functional groups attached to an aromatic ring is 1. The first kappa shape index (κ1) is 15.2. The van der Waals surface area contributed by atoms with Crippen LogP contribution in [0.4, 0.5) is 20.2 Å². The second-order valence-electron chi connectivity index (χ2n) is 4.15. The summed E-state index contributed by atoms with van der Waals surface area (Å²) >= 11 is 2.96. The van der Waals surface area contributed by atoms with Gasteiger partial charge in [0, 0.05) is 10.2 Å². The number of anilines is 2. The Kier molecular flexibility index (Phi) is 4.42. The summed E-state index contributed by atoms with van der Waals surface area (Å²) in [5.41, 5.74) is 5.39. The first-order valence-electron chi connectivity index (χ1n) is 5.81. The normalized spacial score (nSPS) is 10.3. The molecule has 0 fully saturated rings. The molecule has 2 aromatic carbocycles. The third-order valence-corrected chi connectivity index (χ3v) is 3.21. The van der Waals surface area contributed by atoms with Gasteiger partial charge < -0.3 is 15.8 Å². The number of ether oxygens (including phenoxy) is 1. The molecule has 2 aromatic rings. The molecule has 7 heteroatoms. The molecular formula is C14H11BrF2N2O2. The maximum Gasteiger partial charge on any atom is 0.258 e. The molecule has 3 N–H and O–H groups in total. The van der Waals surface area contributed by atoms with Gasteiger partial charge in [0.1, 0.15) is 11.4 Å². The van der Waals surface area contributed by atoms with E-state index < -0.39 is 23.2 Å². The number of carbonyl (C=O) groups excluding carboxylic acids is 1. The van der Waals surface area contributed by atoms with Crippen molar-refractivity contribution in [3.05, 3.63) is 52.0 Å². The summed E-state index contributed by atoms with van der Waals surface area (Å²) in [6.45, 7) is 0. The molecule has 0 aliphatic carbocycles. The predicted octanol–water partition coefficient (Wildman–Crippen LogP) is 3.57. The van der Waals surface area contributed by atoms with Crippen molar-refractivity contribution in [3.63, 3.8) is 0 Å². The van der Waals surface area contributed by atoms with Crippen molar-refractivity contribution in [3.8, 4) is 5.75 Å². The minimum atomic E-state index is -0.892. The lowest BCUT2D eigenvalue weighted by atomic mass is 10.1. The Hall–Kier alpha value is -2.15. The van der Waals surface area contributed by atoms with Gasteiger partial charge in [0.15, 0.2) is 11.6 Å². The highest BCUT2D eigenvalue weighted by atomic mass is 79.9. The number of rotatable bonds is 3. The Morgan fingerprint density at radius 2 is 1.86 bits per heavy atom. The smallest absolute Gasteiger partial charge is 0.258 e. The van der Waals surface area contributed by atoms with Crippen LogP contribution in [0.1, 0.15) is 10.4 Å². The van der Waals surface area contributed by atoms with Crippen LogP contribution < -0.4 is 15.8 Å². The Morgan fingerprint density at radius 1 is 1.24 bits per heavy atom. The van der Waals surface area contributed by atoms with Crippen LogP contribution in [0.25, 0.3) is 0 Å². The second kappa shape index (κ2) is 6.09. The summed E-state index contributed by atoms with van der Waals surface area (Å²) in [4.78, 5) is 12.1. The number of nitrogens with two attached hydrogens (primary N) is 1. The lowest BCUT2D eigenvalue weighted by Crippen LogP contribution is -2.16. The lowest BCUT2D eigenvalue weighted by Gasteiger charge is -2.11. The Morgan fingerprint density at radius 3 is 2.43 bits per heavy atom. The maximum atomic E-state index is 13.7. The highest BCUT2D eigenvalue weighted by Gasteiger charge is 2.17. The van der Waals surface area contributed by atoms with Crippen LogP contribution in [-0.2, 0) is 0 Å². The minimum Gasteiger partial charge on any atom is -0.497 e. The van der Waals surface area contributed by atoms with Crippen molar-refractivity contribution in [1.29, 1.82) is 0 Å². The first-order valence-corrected chi connectivity index (χ1v) is 6.61. The van der Waals surface area contributed by atoms with Crippen molar-refractivity contribution in [2.24, 2.45) is 0 Å². The van der Waals surface area contributed by atoms with Crippen LogP contribution >= 0.6 is 15.9 Å². The summed E-state index contributed by atoms with van der Waals surface area (Å²) in [6, 6.07) is 6.54. The van der Waals surface area contributed by atoms with E-state index in [-0.39, 0.29) is 15.7 Å². The monoisotopic (exact) mass is 356 g/mol. The summed E-state index contributed by atoms with van der Waals surface area (Å²) in [5, 5.41) is 2.17. The fourth-order valence-corrected chi connectivity index (χ4v) is 2.10. The van der Waals surface area contributed by atoms with E-state index in [2.05, 4.69) is 21.2 Å². The predicted molar refractivity (Wildman–Crippen MR) is 79.4 cm³/mol. The van der Waals surface area contributed by atoms with E-state index in [0.717, 1.165) is 12.1 Å². The number of nitrogens with one attached hydrogen (secondary N) is 1. The van der Waals surface area contributed by atoms with E-state index in [0.29, 0.717) is 5.75 Å². The first-order chi connectivity index (χ1) is 9.92. The zero-order chi connectivity index (χ0) is 15.6. The molecule has 21 heavy (non-hydrogen) atoms. The second-order valence-corrected chi connectivity index (χ2v) is 5.07. The van der Waals surface area contributed by atoms with Crippen LogP contribution in [0.15, 0.2) is 34.8 Å².